The molecule has 0 aromatic heterocycles. The fraction of sp³-hybridized carbons (Fsp3) is 0.429. The van der Waals surface area contributed by atoms with Crippen LogP contribution < -0.4 is 9.64 Å². The highest BCUT2D eigenvalue weighted by atomic mass is 16.5. The Hall–Kier alpha value is -2.02. The zero-order valence-electron chi connectivity index (χ0n) is 10.8. The van der Waals surface area contributed by atoms with Crippen LogP contribution >= 0.6 is 0 Å². The van der Waals surface area contributed by atoms with Crippen molar-refractivity contribution < 1.29 is 9.53 Å². The molecule has 0 bridgehead atoms. The van der Waals surface area contributed by atoms with Crippen molar-refractivity contribution in [2.45, 2.75) is 26.9 Å². The number of benzene rings is 1. The largest absolute Gasteiger partial charge is 0.478 e. The predicted octanol–water partition coefficient (Wildman–Crippen LogP) is 2.27. The average molecular weight is 244 g/mol. The Bertz CT molecular complexity index is 517. The summed E-state index contributed by atoms with van der Waals surface area (Å²) in [6, 6.07) is 7.71. The van der Waals surface area contributed by atoms with Crippen LogP contribution in [0.3, 0.4) is 0 Å². The van der Waals surface area contributed by atoms with Gasteiger partial charge in [-0.05, 0) is 30.5 Å². The van der Waals surface area contributed by atoms with Crippen molar-refractivity contribution in [3.05, 3.63) is 23.8 Å². The first kappa shape index (κ1) is 12.4. The zero-order valence-corrected chi connectivity index (χ0v) is 10.8. The van der Waals surface area contributed by atoms with Crippen LogP contribution in [0, 0.1) is 24.2 Å². The van der Waals surface area contributed by atoms with Gasteiger partial charge < -0.3 is 4.74 Å². The first-order chi connectivity index (χ1) is 8.54. The molecule has 0 aliphatic carbocycles. The van der Waals surface area contributed by atoms with Crippen LogP contribution in [0.4, 0.5) is 5.69 Å². The van der Waals surface area contributed by atoms with Crippen LogP contribution in [0.2, 0.25) is 0 Å². The highest BCUT2D eigenvalue weighted by Gasteiger charge is 2.36. The van der Waals surface area contributed by atoms with Gasteiger partial charge >= 0.3 is 0 Å². The summed E-state index contributed by atoms with van der Waals surface area (Å²) in [5, 5.41) is 8.87. The molecular formula is C14H16N2O2. The number of anilines is 1. The minimum absolute atomic E-state index is 0.0574. The highest BCUT2D eigenvalue weighted by Crippen LogP contribution is 2.36. The molecule has 2 rings (SSSR count). The molecule has 1 aromatic rings. The second-order valence-electron chi connectivity index (χ2n) is 4.84. The number of nitrogens with zero attached hydrogens (tertiary/aromatic N) is 2. The maximum Gasteiger partial charge on any atom is 0.269 e. The van der Waals surface area contributed by atoms with Crippen molar-refractivity contribution in [3.8, 4) is 11.8 Å². The quantitative estimate of drug-likeness (QED) is 0.750. The lowest BCUT2D eigenvalue weighted by molar-refractivity contribution is -0.128. The van der Waals surface area contributed by atoms with E-state index in [2.05, 4.69) is 0 Å². The van der Waals surface area contributed by atoms with E-state index in [4.69, 9.17) is 10.00 Å². The fourth-order valence-electron chi connectivity index (χ4n) is 2.05. The summed E-state index contributed by atoms with van der Waals surface area (Å²) in [7, 11) is 0. The van der Waals surface area contributed by atoms with E-state index in [-0.39, 0.29) is 18.4 Å². The van der Waals surface area contributed by atoms with Gasteiger partial charge in [-0.15, -0.1) is 0 Å². The third-order valence-electron chi connectivity index (χ3n) is 3.00. The van der Waals surface area contributed by atoms with E-state index >= 15 is 0 Å². The monoisotopic (exact) mass is 244 g/mol. The third kappa shape index (κ3) is 2.04. The van der Waals surface area contributed by atoms with Crippen LogP contribution in [0.1, 0.15) is 19.4 Å². The predicted molar refractivity (Wildman–Crippen MR) is 68.4 cm³/mol. The normalized spacial score (nSPS) is 18.3. The topological polar surface area (TPSA) is 53.3 Å². The second-order valence-corrected chi connectivity index (χ2v) is 4.84. The minimum atomic E-state index is -0.506. The van der Waals surface area contributed by atoms with Crippen molar-refractivity contribution >= 4 is 11.6 Å². The molecule has 4 heteroatoms. The summed E-state index contributed by atoms with van der Waals surface area (Å²) in [5.41, 5.74) is 1.73. The van der Waals surface area contributed by atoms with E-state index in [0.29, 0.717) is 11.4 Å². The van der Waals surface area contributed by atoms with Crippen LogP contribution in [0.15, 0.2) is 18.2 Å². The summed E-state index contributed by atoms with van der Waals surface area (Å²) in [4.78, 5) is 13.8. The molecule has 0 N–H and O–H groups in total. The summed E-state index contributed by atoms with van der Waals surface area (Å²) < 4.78 is 5.74. The van der Waals surface area contributed by atoms with Gasteiger partial charge in [0.1, 0.15) is 12.3 Å². The van der Waals surface area contributed by atoms with Crippen LogP contribution in [-0.4, -0.2) is 18.6 Å². The number of amides is 1. The molecule has 0 radical (unpaired) electrons. The van der Waals surface area contributed by atoms with Gasteiger partial charge in [-0.1, -0.05) is 19.9 Å². The molecule has 1 amide bonds. The van der Waals surface area contributed by atoms with Crippen molar-refractivity contribution in [1.29, 1.82) is 5.26 Å². The second kappa shape index (κ2) is 4.69. The highest BCUT2D eigenvalue weighted by molar-refractivity contribution is 6.00. The number of carbonyl (C=O) groups excluding carboxylic acids is 1. The zero-order chi connectivity index (χ0) is 13.3. The molecule has 1 heterocycles. The van der Waals surface area contributed by atoms with Gasteiger partial charge in [-0.2, -0.15) is 5.26 Å². The molecule has 18 heavy (non-hydrogen) atoms. The minimum Gasteiger partial charge on any atom is -0.478 e. The number of rotatable bonds is 2. The van der Waals surface area contributed by atoms with Gasteiger partial charge in [0, 0.05) is 0 Å². The number of fused-ring (bicyclic) bond motifs is 1. The summed E-state index contributed by atoms with van der Waals surface area (Å²) in [6.07, 6.45) is -0.506. The Morgan fingerprint density at radius 1 is 1.50 bits per heavy atom. The molecule has 0 fully saturated rings. The van der Waals surface area contributed by atoms with E-state index in [1.165, 1.54) is 4.90 Å². The summed E-state index contributed by atoms with van der Waals surface area (Å²) in [5.74, 6) is 0.618. The molecule has 0 saturated carbocycles. The molecule has 94 valence electrons. The number of nitriles is 1. The lowest BCUT2D eigenvalue weighted by Crippen LogP contribution is -2.48. The van der Waals surface area contributed by atoms with Gasteiger partial charge in [-0.25, -0.2) is 0 Å². The van der Waals surface area contributed by atoms with E-state index in [1.54, 1.807) is 0 Å². The molecule has 1 aliphatic heterocycles. The maximum atomic E-state index is 12.3. The standard InChI is InChI=1S/C14H16N2O2/c1-9(2)13-14(17)16(7-6-15)11-8-10(3)4-5-12(11)18-13/h4-5,8-9,13H,7H2,1-3H3. The lowest BCUT2D eigenvalue weighted by atomic mass is 10.0. The average Bonchev–Trinajstić information content (AvgIpc) is 2.32. The van der Waals surface area contributed by atoms with Gasteiger partial charge in [0.15, 0.2) is 6.10 Å². The summed E-state index contributed by atoms with van der Waals surface area (Å²) in [6.45, 7) is 5.88. The molecule has 1 aromatic carbocycles. The molecule has 1 unspecified atom stereocenters. The molecule has 1 atom stereocenters. The Kier molecular flexibility index (Phi) is 3.24. The third-order valence-corrected chi connectivity index (χ3v) is 3.00. The van der Waals surface area contributed by atoms with Crippen LogP contribution in [0.5, 0.6) is 5.75 Å². The number of carbonyl (C=O) groups is 1. The molecule has 4 nitrogen and oxygen atoms in total. The first-order valence-corrected chi connectivity index (χ1v) is 6.00. The Morgan fingerprint density at radius 3 is 2.83 bits per heavy atom. The van der Waals surface area contributed by atoms with Gasteiger partial charge in [0.2, 0.25) is 0 Å². The number of hydrogen-bond donors (Lipinski definition) is 0. The summed E-state index contributed by atoms with van der Waals surface area (Å²) >= 11 is 0. The van der Waals surface area contributed by atoms with E-state index in [9.17, 15) is 4.79 Å². The fourth-order valence-corrected chi connectivity index (χ4v) is 2.05. The molecule has 1 aliphatic rings. The van der Waals surface area contributed by atoms with Gasteiger partial charge in [-0.3, -0.25) is 9.69 Å². The number of hydrogen-bond acceptors (Lipinski definition) is 3. The van der Waals surface area contributed by atoms with E-state index in [1.807, 2.05) is 45.0 Å². The lowest BCUT2D eigenvalue weighted by Gasteiger charge is -2.34. The first-order valence-electron chi connectivity index (χ1n) is 6.00. The van der Waals surface area contributed by atoms with Crippen molar-refractivity contribution in [2.75, 3.05) is 11.4 Å². The molecule has 0 saturated heterocycles. The van der Waals surface area contributed by atoms with Crippen molar-refractivity contribution in [3.63, 3.8) is 0 Å². The van der Waals surface area contributed by atoms with Crippen LogP contribution in [-0.2, 0) is 4.79 Å². The Labute approximate surface area is 107 Å². The van der Waals surface area contributed by atoms with Crippen LogP contribution in [0.25, 0.3) is 0 Å². The smallest absolute Gasteiger partial charge is 0.269 e. The Balaban J connectivity index is 2.48. The van der Waals surface area contributed by atoms with Crippen molar-refractivity contribution in [1.82, 2.24) is 0 Å². The van der Waals surface area contributed by atoms with Crippen molar-refractivity contribution in [2.24, 2.45) is 5.92 Å². The van der Waals surface area contributed by atoms with E-state index < -0.39 is 6.10 Å². The molecular weight excluding hydrogens is 228 g/mol. The van der Waals surface area contributed by atoms with E-state index in [0.717, 1.165) is 5.56 Å². The molecule has 0 spiro atoms. The Morgan fingerprint density at radius 2 is 2.22 bits per heavy atom. The number of aryl methyl sites for hydroxylation is 1. The maximum absolute atomic E-state index is 12.3. The van der Waals surface area contributed by atoms with Gasteiger partial charge in [0.05, 0.1) is 11.8 Å². The number of ether oxygens (including phenoxy) is 1. The van der Waals surface area contributed by atoms with Gasteiger partial charge in [0.25, 0.3) is 5.91 Å². The SMILES string of the molecule is Cc1ccc2c(c1)N(CC#N)C(=O)C(C(C)C)O2.